The molecule has 4 rings (SSSR count). The number of benzene rings is 2. The van der Waals surface area contributed by atoms with Crippen LogP contribution < -0.4 is 0 Å². The van der Waals surface area contributed by atoms with E-state index in [1.165, 1.54) is 22.3 Å². The predicted octanol–water partition coefficient (Wildman–Crippen LogP) is 5.01. The van der Waals surface area contributed by atoms with Gasteiger partial charge in [-0.25, -0.2) is 9.97 Å². The molecule has 0 aliphatic heterocycles. The monoisotopic (exact) mass is 300 g/mol. The molecule has 23 heavy (non-hydrogen) atoms. The van der Waals surface area contributed by atoms with E-state index in [-0.39, 0.29) is 5.41 Å². The van der Waals surface area contributed by atoms with Gasteiger partial charge in [0.25, 0.3) is 0 Å². The number of nitrogens with zero attached hydrogens (tertiary/aromatic N) is 2. The van der Waals surface area contributed by atoms with Crippen molar-refractivity contribution in [3.05, 3.63) is 71.5 Å². The zero-order valence-corrected chi connectivity index (χ0v) is 13.8. The molecule has 0 saturated carbocycles. The Kier molecular flexibility index (Phi) is 3.08. The largest absolute Gasteiger partial charge is 0.236 e. The van der Waals surface area contributed by atoms with Crippen LogP contribution in [0, 0.1) is 0 Å². The first-order chi connectivity index (χ1) is 11.1. The number of hydrogen-bond acceptors (Lipinski definition) is 2. The molecule has 0 fully saturated rings. The minimum absolute atomic E-state index is 0.133. The Hall–Kier alpha value is -2.48. The third kappa shape index (κ3) is 2.26. The van der Waals surface area contributed by atoms with Gasteiger partial charge in [0.2, 0.25) is 0 Å². The van der Waals surface area contributed by atoms with E-state index in [2.05, 4.69) is 73.2 Å². The van der Waals surface area contributed by atoms with Crippen molar-refractivity contribution in [3.8, 4) is 22.5 Å². The number of aromatic nitrogens is 2. The molecule has 114 valence electrons. The fourth-order valence-electron chi connectivity index (χ4n) is 3.54. The van der Waals surface area contributed by atoms with Crippen molar-refractivity contribution in [2.75, 3.05) is 0 Å². The number of fused-ring (bicyclic) bond motifs is 3. The topological polar surface area (TPSA) is 25.8 Å². The number of hydrogen-bond donors (Lipinski definition) is 0. The zero-order valence-electron chi connectivity index (χ0n) is 13.8. The maximum absolute atomic E-state index is 4.60. The Morgan fingerprint density at radius 3 is 2.26 bits per heavy atom. The van der Waals surface area contributed by atoms with E-state index >= 15 is 0 Å². The van der Waals surface area contributed by atoms with Crippen molar-refractivity contribution in [3.63, 3.8) is 0 Å². The van der Waals surface area contributed by atoms with Crippen LogP contribution in [0.15, 0.2) is 54.9 Å². The molecule has 1 heterocycles. The second kappa shape index (κ2) is 5.02. The van der Waals surface area contributed by atoms with E-state index in [1.807, 2.05) is 6.07 Å². The fraction of sp³-hybridized carbons (Fsp3) is 0.238. The second-order valence-corrected chi connectivity index (χ2v) is 7.17. The van der Waals surface area contributed by atoms with Gasteiger partial charge in [-0.15, -0.1) is 0 Å². The highest BCUT2D eigenvalue weighted by atomic mass is 14.9. The van der Waals surface area contributed by atoms with Gasteiger partial charge in [0.15, 0.2) is 0 Å². The Bertz CT molecular complexity index is 874. The molecule has 0 amide bonds. The molecule has 1 aliphatic rings. The summed E-state index contributed by atoms with van der Waals surface area (Å²) in [4.78, 5) is 9.18. The first-order valence-electron chi connectivity index (χ1n) is 8.08. The lowest BCUT2D eigenvalue weighted by atomic mass is 9.82. The molecule has 1 aliphatic carbocycles. The first-order valence-corrected chi connectivity index (χ1v) is 8.08. The average molecular weight is 300 g/mol. The van der Waals surface area contributed by atoms with Gasteiger partial charge in [0.1, 0.15) is 6.33 Å². The Labute approximate surface area is 137 Å². The molecule has 0 unspecified atom stereocenters. The third-order valence-electron chi connectivity index (χ3n) is 4.59. The molecule has 0 spiro atoms. The quantitative estimate of drug-likeness (QED) is 0.493. The van der Waals surface area contributed by atoms with E-state index in [9.17, 15) is 0 Å². The first kappa shape index (κ1) is 14.1. The maximum Gasteiger partial charge on any atom is 0.116 e. The Morgan fingerprint density at radius 2 is 1.52 bits per heavy atom. The van der Waals surface area contributed by atoms with E-state index in [0.717, 1.165) is 23.4 Å². The Morgan fingerprint density at radius 1 is 0.783 bits per heavy atom. The summed E-state index contributed by atoms with van der Waals surface area (Å²) in [7, 11) is 0. The lowest BCUT2D eigenvalue weighted by Crippen LogP contribution is -2.13. The van der Waals surface area contributed by atoms with Crippen LogP contribution in [0.5, 0.6) is 0 Å². The van der Waals surface area contributed by atoms with Gasteiger partial charge in [0, 0.05) is 23.1 Å². The summed E-state index contributed by atoms with van der Waals surface area (Å²) in [5.41, 5.74) is 8.80. The van der Waals surface area contributed by atoms with Crippen LogP contribution in [0.1, 0.15) is 37.5 Å². The highest BCUT2D eigenvalue weighted by Gasteiger charge is 2.29. The van der Waals surface area contributed by atoms with Gasteiger partial charge in [-0.1, -0.05) is 69.3 Å². The zero-order chi connectivity index (χ0) is 16.0. The van der Waals surface area contributed by atoms with Gasteiger partial charge < -0.3 is 0 Å². The fourth-order valence-corrected chi connectivity index (χ4v) is 3.54. The lowest BCUT2D eigenvalue weighted by molar-refractivity contribution is 0.585. The molecule has 0 bridgehead atoms. The molecule has 0 N–H and O–H groups in total. The second-order valence-electron chi connectivity index (χ2n) is 7.17. The van der Waals surface area contributed by atoms with E-state index in [1.54, 1.807) is 6.33 Å². The molecular formula is C21H20N2. The van der Waals surface area contributed by atoms with E-state index in [4.69, 9.17) is 0 Å². The SMILES string of the molecule is CC(C)(C)c1cccc2c1Cc1c(-c3ccccc3)ncnc1-2. The molecule has 1 aromatic heterocycles. The lowest BCUT2D eigenvalue weighted by Gasteiger charge is -2.22. The van der Waals surface area contributed by atoms with Gasteiger partial charge in [-0.3, -0.25) is 0 Å². The van der Waals surface area contributed by atoms with Gasteiger partial charge in [0.05, 0.1) is 11.4 Å². The molecule has 0 atom stereocenters. The molecule has 2 heteroatoms. The third-order valence-corrected chi connectivity index (χ3v) is 4.59. The summed E-state index contributed by atoms with van der Waals surface area (Å²) < 4.78 is 0. The summed E-state index contributed by atoms with van der Waals surface area (Å²) in [5.74, 6) is 0. The van der Waals surface area contributed by atoms with Crippen LogP contribution in [0.2, 0.25) is 0 Å². The van der Waals surface area contributed by atoms with E-state index in [0.29, 0.717) is 0 Å². The summed E-state index contributed by atoms with van der Waals surface area (Å²) in [6, 6.07) is 17.0. The maximum atomic E-state index is 4.60. The summed E-state index contributed by atoms with van der Waals surface area (Å²) in [6.07, 6.45) is 2.61. The van der Waals surface area contributed by atoms with Crippen LogP contribution in [0.4, 0.5) is 0 Å². The molecule has 2 aromatic carbocycles. The van der Waals surface area contributed by atoms with Crippen molar-refractivity contribution in [2.45, 2.75) is 32.6 Å². The summed E-state index contributed by atoms with van der Waals surface area (Å²) in [5, 5.41) is 0. The normalized spacial score (nSPS) is 12.8. The highest BCUT2D eigenvalue weighted by Crippen LogP contribution is 2.43. The molecule has 2 nitrogen and oxygen atoms in total. The minimum Gasteiger partial charge on any atom is -0.236 e. The predicted molar refractivity (Wildman–Crippen MR) is 94.4 cm³/mol. The summed E-state index contributed by atoms with van der Waals surface area (Å²) in [6.45, 7) is 6.82. The molecule has 3 aromatic rings. The van der Waals surface area contributed by atoms with Crippen molar-refractivity contribution in [1.82, 2.24) is 9.97 Å². The van der Waals surface area contributed by atoms with Crippen LogP contribution >= 0.6 is 0 Å². The Balaban J connectivity index is 1.92. The molecule has 0 saturated heterocycles. The van der Waals surface area contributed by atoms with Crippen LogP contribution in [0.25, 0.3) is 22.5 Å². The van der Waals surface area contributed by atoms with Crippen LogP contribution in [0.3, 0.4) is 0 Å². The van der Waals surface area contributed by atoms with Crippen LogP contribution in [-0.4, -0.2) is 9.97 Å². The van der Waals surface area contributed by atoms with Gasteiger partial charge in [-0.05, 0) is 16.5 Å². The smallest absolute Gasteiger partial charge is 0.116 e. The summed E-state index contributed by atoms with van der Waals surface area (Å²) >= 11 is 0. The van der Waals surface area contributed by atoms with Gasteiger partial charge in [-0.2, -0.15) is 0 Å². The van der Waals surface area contributed by atoms with E-state index < -0.39 is 0 Å². The minimum atomic E-state index is 0.133. The van der Waals surface area contributed by atoms with Gasteiger partial charge >= 0.3 is 0 Å². The van der Waals surface area contributed by atoms with Crippen molar-refractivity contribution < 1.29 is 0 Å². The number of rotatable bonds is 1. The van der Waals surface area contributed by atoms with Crippen LogP contribution in [-0.2, 0) is 11.8 Å². The van der Waals surface area contributed by atoms with Crippen molar-refractivity contribution in [2.24, 2.45) is 0 Å². The molecule has 0 radical (unpaired) electrons. The molecular weight excluding hydrogens is 280 g/mol. The van der Waals surface area contributed by atoms with Crippen molar-refractivity contribution in [1.29, 1.82) is 0 Å². The standard InChI is InChI=1S/C21H20N2/c1-21(2,3)18-11-7-10-15-16(18)12-17-19(22-13-23-20(15)17)14-8-5-4-6-9-14/h4-11,13H,12H2,1-3H3. The van der Waals surface area contributed by atoms with Crippen molar-refractivity contribution >= 4 is 0 Å². The highest BCUT2D eigenvalue weighted by molar-refractivity contribution is 5.81. The average Bonchev–Trinajstić information content (AvgIpc) is 2.93.